The smallest absolute Gasteiger partial charge is 0.319 e. The quantitative estimate of drug-likeness (QED) is 0.850. The lowest BCUT2D eigenvalue weighted by molar-refractivity contribution is 0.0218. The molecule has 2 aromatic rings. The summed E-state index contributed by atoms with van der Waals surface area (Å²) in [4.78, 5) is 13.5. The molecular formula is C14H17N3O3S2. The standard InChI is InChI=1S/C14H17N3O3S2/c1-22(18)14-17-12-11(21-14)10(8-2-3-8)15-13(16-12)20-9-4-6-19-7-5-9/h8-9H,2-7H2,1H3. The lowest BCUT2D eigenvalue weighted by Crippen LogP contribution is -2.26. The van der Waals surface area contributed by atoms with Crippen LogP contribution in [-0.4, -0.2) is 44.7 Å². The Bertz CT molecular complexity index is 723. The number of aromatic nitrogens is 3. The summed E-state index contributed by atoms with van der Waals surface area (Å²) in [5, 5.41) is 0. The molecule has 0 spiro atoms. The van der Waals surface area contributed by atoms with E-state index in [1.54, 1.807) is 6.26 Å². The molecule has 1 unspecified atom stereocenters. The first-order chi connectivity index (χ1) is 10.7. The van der Waals surface area contributed by atoms with Gasteiger partial charge in [-0.15, -0.1) is 11.3 Å². The predicted octanol–water partition coefficient (Wildman–Crippen LogP) is 2.26. The fourth-order valence-electron chi connectivity index (χ4n) is 2.56. The van der Waals surface area contributed by atoms with E-state index in [9.17, 15) is 4.21 Å². The molecule has 3 heterocycles. The third kappa shape index (κ3) is 2.87. The summed E-state index contributed by atoms with van der Waals surface area (Å²) in [6, 6.07) is 0.403. The molecule has 1 saturated carbocycles. The van der Waals surface area contributed by atoms with E-state index in [4.69, 9.17) is 9.47 Å². The SMILES string of the molecule is CS(=O)c1nc2nc(OC3CCOCC3)nc(C3CC3)c2s1. The van der Waals surface area contributed by atoms with Crippen molar-refractivity contribution in [2.45, 2.75) is 42.0 Å². The molecule has 0 bridgehead atoms. The van der Waals surface area contributed by atoms with Crippen LogP contribution < -0.4 is 4.74 Å². The average molecular weight is 339 g/mol. The minimum absolute atomic E-state index is 0.108. The molecule has 6 nitrogen and oxygen atoms in total. The van der Waals surface area contributed by atoms with Gasteiger partial charge in [-0.1, -0.05) is 0 Å². The van der Waals surface area contributed by atoms with Crippen LogP contribution in [0.3, 0.4) is 0 Å². The topological polar surface area (TPSA) is 74.2 Å². The monoisotopic (exact) mass is 339 g/mol. The van der Waals surface area contributed by atoms with Gasteiger partial charge in [-0.2, -0.15) is 9.97 Å². The van der Waals surface area contributed by atoms with Crippen LogP contribution in [0.4, 0.5) is 0 Å². The summed E-state index contributed by atoms with van der Waals surface area (Å²) in [6.07, 6.45) is 5.76. The summed E-state index contributed by atoms with van der Waals surface area (Å²) < 4.78 is 24.5. The summed E-state index contributed by atoms with van der Waals surface area (Å²) in [5.74, 6) is 0.473. The predicted molar refractivity (Wildman–Crippen MR) is 84.0 cm³/mol. The van der Waals surface area contributed by atoms with Gasteiger partial charge in [0.15, 0.2) is 9.99 Å². The molecular weight excluding hydrogens is 322 g/mol. The first-order valence-corrected chi connectivity index (χ1v) is 9.84. The van der Waals surface area contributed by atoms with Crippen LogP contribution in [0.25, 0.3) is 10.3 Å². The number of rotatable bonds is 4. The number of nitrogens with zero attached hydrogens (tertiary/aromatic N) is 3. The Morgan fingerprint density at radius 1 is 1.18 bits per heavy atom. The van der Waals surface area contributed by atoms with E-state index in [0.29, 0.717) is 21.9 Å². The highest BCUT2D eigenvalue weighted by atomic mass is 32.2. The Kier molecular flexibility index (Phi) is 3.83. The minimum Gasteiger partial charge on any atom is -0.460 e. The first-order valence-electron chi connectivity index (χ1n) is 7.47. The highest BCUT2D eigenvalue weighted by molar-refractivity contribution is 7.86. The van der Waals surface area contributed by atoms with E-state index < -0.39 is 10.8 Å². The maximum absolute atomic E-state index is 11.7. The second-order valence-electron chi connectivity index (χ2n) is 5.68. The molecule has 118 valence electrons. The van der Waals surface area contributed by atoms with Crippen LogP contribution in [0, 0.1) is 0 Å². The highest BCUT2D eigenvalue weighted by Gasteiger charge is 2.30. The molecule has 2 aromatic heterocycles. The van der Waals surface area contributed by atoms with Crippen molar-refractivity contribution in [3.8, 4) is 6.01 Å². The van der Waals surface area contributed by atoms with Gasteiger partial charge in [0.05, 0.1) is 34.4 Å². The third-order valence-corrected chi connectivity index (χ3v) is 6.29. The molecule has 0 N–H and O–H groups in total. The molecule has 0 amide bonds. The maximum Gasteiger partial charge on any atom is 0.319 e. The molecule has 22 heavy (non-hydrogen) atoms. The molecule has 2 fully saturated rings. The van der Waals surface area contributed by atoms with Gasteiger partial charge in [0.25, 0.3) is 0 Å². The number of hydrogen-bond donors (Lipinski definition) is 0. The zero-order valence-electron chi connectivity index (χ0n) is 12.3. The van der Waals surface area contributed by atoms with Gasteiger partial charge in [-0.3, -0.25) is 4.21 Å². The van der Waals surface area contributed by atoms with Crippen LogP contribution in [0.1, 0.15) is 37.3 Å². The largest absolute Gasteiger partial charge is 0.460 e. The van der Waals surface area contributed by atoms with E-state index in [2.05, 4.69) is 15.0 Å². The molecule has 0 aromatic carbocycles. The molecule has 2 aliphatic rings. The van der Waals surface area contributed by atoms with Gasteiger partial charge in [0.2, 0.25) is 0 Å². The third-order valence-electron chi connectivity index (χ3n) is 3.89. The van der Waals surface area contributed by atoms with Crippen molar-refractivity contribution < 1.29 is 13.7 Å². The van der Waals surface area contributed by atoms with E-state index in [0.717, 1.165) is 49.3 Å². The molecule has 8 heteroatoms. The van der Waals surface area contributed by atoms with Crippen molar-refractivity contribution in [2.24, 2.45) is 0 Å². The fraction of sp³-hybridized carbons (Fsp3) is 0.643. The van der Waals surface area contributed by atoms with E-state index >= 15 is 0 Å². The van der Waals surface area contributed by atoms with Crippen molar-refractivity contribution in [2.75, 3.05) is 19.5 Å². The number of ether oxygens (including phenoxy) is 2. The molecule has 4 rings (SSSR count). The number of hydrogen-bond acceptors (Lipinski definition) is 7. The molecule has 1 atom stereocenters. The Labute approximate surface area is 134 Å². The highest BCUT2D eigenvalue weighted by Crippen LogP contribution is 2.44. The Hall–Kier alpha value is -1.12. The summed E-state index contributed by atoms with van der Waals surface area (Å²) in [7, 11) is -1.09. The van der Waals surface area contributed by atoms with E-state index in [1.165, 1.54) is 11.3 Å². The lowest BCUT2D eigenvalue weighted by Gasteiger charge is -2.22. The van der Waals surface area contributed by atoms with Gasteiger partial charge in [-0.05, 0) is 12.8 Å². The van der Waals surface area contributed by atoms with Crippen LogP contribution >= 0.6 is 11.3 Å². The first kappa shape index (κ1) is 14.5. The second-order valence-corrected chi connectivity index (χ2v) is 8.23. The Balaban J connectivity index is 1.70. The Morgan fingerprint density at radius 2 is 1.95 bits per heavy atom. The van der Waals surface area contributed by atoms with Crippen LogP contribution in [0.5, 0.6) is 6.01 Å². The van der Waals surface area contributed by atoms with Crippen molar-refractivity contribution in [1.82, 2.24) is 15.0 Å². The number of fused-ring (bicyclic) bond motifs is 1. The second kappa shape index (κ2) is 5.82. The maximum atomic E-state index is 11.7. The summed E-state index contributed by atoms with van der Waals surface area (Å²) >= 11 is 1.44. The van der Waals surface area contributed by atoms with Crippen molar-refractivity contribution in [3.05, 3.63) is 5.69 Å². The number of thiazole rings is 1. The van der Waals surface area contributed by atoms with Crippen LogP contribution in [0.15, 0.2) is 4.34 Å². The molecule has 0 radical (unpaired) electrons. The van der Waals surface area contributed by atoms with Gasteiger partial charge in [0, 0.05) is 25.0 Å². The molecule has 1 aliphatic carbocycles. The van der Waals surface area contributed by atoms with Gasteiger partial charge < -0.3 is 9.47 Å². The lowest BCUT2D eigenvalue weighted by atomic mass is 10.2. The van der Waals surface area contributed by atoms with Gasteiger partial charge >= 0.3 is 6.01 Å². The summed E-state index contributed by atoms with van der Waals surface area (Å²) in [5.41, 5.74) is 1.63. The van der Waals surface area contributed by atoms with Crippen LogP contribution in [0.2, 0.25) is 0 Å². The Morgan fingerprint density at radius 3 is 2.64 bits per heavy atom. The van der Waals surface area contributed by atoms with E-state index in [1.807, 2.05) is 0 Å². The van der Waals surface area contributed by atoms with E-state index in [-0.39, 0.29) is 6.10 Å². The molecule has 1 aliphatic heterocycles. The van der Waals surface area contributed by atoms with Crippen molar-refractivity contribution in [1.29, 1.82) is 0 Å². The van der Waals surface area contributed by atoms with Gasteiger partial charge in [-0.25, -0.2) is 4.98 Å². The average Bonchev–Trinajstić information content (AvgIpc) is 3.26. The fourth-order valence-corrected chi connectivity index (χ4v) is 4.30. The minimum atomic E-state index is -1.09. The normalized spacial score (nSPS) is 21.1. The summed E-state index contributed by atoms with van der Waals surface area (Å²) in [6.45, 7) is 1.44. The van der Waals surface area contributed by atoms with Crippen molar-refractivity contribution >= 4 is 32.5 Å². The van der Waals surface area contributed by atoms with Crippen molar-refractivity contribution in [3.63, 3.8) is 0 Å². The van der Waals surface area contributed by atoms with Crippen LogP contribution in [-0.2, 0) is 15.5 Å². The zero-order chi connectivity index (χ0) is 15.1. The molecule has 1 saturated heterocycles. The van der Waals surface area contributed by atoms with Gasteiger partial charge in [0.1, 0.15) is 6.10 Å². The zero-order valence-corrected chi connectivity index (χ0v) is 13.9.